The van der Waals surface area contributed by atoms with Gasteiger partial charge in [-0.1, -0.05) is 38.7 Å². The van der Waals surface area contributed by atoms with Crippen LogP contribution >= 0.6 is 0 Å². The first-order valence-corrected chi connectivity index (χ1v) is 7.75. The zero-order valence-corrected chi connectivity index (χ0v) is 12.0. The molecule has 1 aromatic rings. The summed E-state index contributed by atoms with van der Waals surface area (Å²) in [5.41, 5.74) is 2.36. The molecule has 2 rings (SSSR count). The van der Waals surface area contributed by atoms with E-state index in [1.807, 2.05) is 12.1 Å². The van der Waals surface area contributed by atoms with E-state index in [-0.39, 0.29) is 6.10 Å². The molecular formula is C17H26O2. The van der Waals surface area contributed by atoms with Crippen LogP contribution in [0.2, 0.25) is 0 Å². The van der Waals surface area contributed by atoms with Gasteiger partial charge in [-0.05, 0) is 48.9 Å². The van der Waals surface area contributed by atoms with Crippen molar-refractivity contribution in [2.45, 2.75) is 64.4 Å². The van der Waals surface area contributed by atoms with Crippen LogP contribution in [0.4, 0.5) is 0 Å². The molecule has 1 N–H and O–H groups in total. The van der Waals surface area contributed by atoms with Gasteiger partial charge in [0.05, 0.1) is 12.7 Å². The average molecular weight is 262 g/mol. The van der Waals surface area contributed by atoms with Gasteiger partial charge in [0.2, 0.25) is 0 Å². The third-order valence-electron chi connectivity index (χ3n) is 3.92. The van der Waals surface area contributed by atoms with E-state index in [0.29, 0.717) is 0 Å². The van der Waals surface area contributed by atoms with E-state index in [1.54, 1.807) is 0 Å². The van der Waals surface area contributed by atoms with Crippen LogP contribution < -0.4 is 4.74 Å². The highest BCUT2D eigenvalue weighted by Crippen LogP contribution is 2.32. The largest absolute Gasteiger partial charge is 0.494 e. The highest BCUT2D eigenvalue weighted by Gasteiger charge is 2.18. The standard InChI is InChI=1S/C17H26O2/c1-2-3-4-5-6-12-19-15-11-10-14-8-7-9-17(18)16(14)13-15/h10-11,13,17-18H,2-9,12H2,1H3. The number of benzene rings is 1. The Hall–Kier alpha value is -1.02. The van der Waals surface area contributed by atoms with Crippen LogP contribution in [0.3, 0.4) is 0 Å². The van der Waals surface area contributed by atoms with E-state index >= 15 is 0 Å². The number of rotatable bonds is 7. The van der Waals surface area contributed by atoms with Gasteiger partial charge in [-0.2, -0.15) is 0 Å². The molecule has 0 aromatic heterocycles. The fourth-order valence-corrected chi connectivity index (χ4v) is 2.74. The summed E-state index contributed by atoms with van der Waals surface area (Å²) in [6.07, 6.45) is 9.05. The molecule has 1 aliphatic rings. The third-order valence-corrected chi connectivity index (χ3v) is 3.92. The van der Waals surface area contributed by atoms with Crippen molar-refractivity contribution in [3.63, 3.8) is 0 Å². The van der Waals surface area contributed by atoms with Crippen molar-refractivity contribution in [2.24, 2.45) is 0 Å². The molecule has 1 aliphatic carbocycles. The van der Waals surface area contributed by atoms with E-state index < -0.39 is 0 Å². The number of aliphatic hydroxyl groups is 1. The SMILES string of the molecule is CCCCCCCOc1ccc2c(c1)C(O)CCC2. The fraction of sp³-hybridized carbons (Fsp3) is 0.647. The average Bonchev–Trinajstić information content (AvgIpc) is 2.43. The topological polar surface area (TPSA) is 29.5 Å². The summed E-state index contributed by atoms with van der Waals surface area (Å²) in [5.74, 6) is 0.912. The van der Waals surface area contributed by atoms with Gasteiger partial charge in [0.15, 0.2) is 0 Å². The summed E-state index contributed by atoms with van der Waals surface area (Å²) in [4.78, 5) is 0. The minimum atomic E-state index is -0.295. The van der Waals surface area contributed by atoms with Gasteiger partial charge in [0.25, 0.3) is 0 Å². The Kier molecular flexibility index (Phi) is 5.71. The summed E-state index contributed by atoms with van der Waals surface area (Å²) >= 11 is 0. The van der Waals surface area contributed by atoms with E-state index in [0.717, 1.165) is 43.6 Å². The van der Waals surface area contributed by atoms with Gasteiger partial charge in [0.1, 0.15) is 5.75 Å². The summed E-state index contributed by atoms with van der Waals surface area (Å²) in [6, 6.07) is 6.19. The van der Waals surface area contributed by atoms with Crippen LogP contribution in [0, 0.1) is 0 Å². The number of hydrogen-bond donors (Lipinski definition) is 1. The Morgan fingerprint density at radius 1 is 1.21 bits per heavy atom. The zero-order valence-electron chi connectivity index (χ0n) is 12.0. The van der Waals surface area contributed by atoms with Crippen LogP contribution in [0.15, 0.2) is 18.2 Å². The summed E-state index contributed by atoms with van der Waals surface area (Å²) in [7, 11) is 0. The third kappa shape index (κ3) is 4.24. The smallest absolute Gasteiger partial charge is 0.119 e. The molecule has 0 heterocycles. The Balaban J connectivity index is 1.79. The maximum Gasteiger partial charge on any atom is 0.119 e. The predicted molar refractivity (Wildman–Crippen MR) is 78.6 cm³/mol. The lowest BCUT2D eigenvalue weighted by Gasteiger charge is -2.22. The van der Waals surface area contributed by atoms with Gasteiger partial charge < -0.3 is 9.84 Å². The Bertz CT molecular complexity index is 387. The Morgan fingerprint density at radius 2 is 2.05 bits per heavy atom. The van der Waals surface area contributed by atoms with Gasteiger partial charge in [-0.25, -0.2) is 0 Å². The van der Waals surface area contributed by atoms with Gasteiger partial charge in [0, 0.05) is 0 Å². The van der Waals surface area contributed by atoms with E-state index in [2.05, 4.69) is 13.0 Å². The van der Waals surface area contributed by atoms with Gasteiger partial charge >= 0.3 is 0 Å². The number of hydrogen-bond acceptors (Lipinski definition) is 2. The molecule has 1 aromatic carbocycles. The Morgan fingerprint density at radius 3 is 2.89 bits per heavy atom. The molecule has 2 nitrogen and oxygen atoms in total. The second kappa shape index (κ2) is 7.54. The molecule has 19 heavy (non-hydrogen) atoms. The van der Waals surface area contributed by atoms with Crippen molar-refractivity contribution >= 4 is 0 Å². The summed E-state index contributed by atoms with van der Waals surface area (Å²) in [5, 5.41) is 10.00. The van der Waals surface area contributed by atoms with E-state index in [9.17, 15) is 5.11 Å². The number of aryl methyl sites for hydroxylation is 1. The molecule has 0 aliphatic heterocycles. The summed E-state index contributed by atoms with van der Waals surface area (Å²) in [6.45, 7) is 3.02. The number of aliphatic hydroxyl groups excluding tert-OH is 1. The molecule has 2 heteroatoms. The van der Waals surface area contributed by atoms with Crippen molar-refractivity contribution in [1.29, 1.82) is 0 Å². The molecule has 106 valence electrons. The van der Waals surface area contributed by atoms with Crippen LogP contribution in [0.1, 0.15) is 69.1 Å². The van der Waals surface area contributed by atoms with Crippen molar-refractivity contribution in [3.05, 3.63) is 29.3 Å². The van der Waals surface area contributed by atoms with Crippen LogP contribution in [-0.4, -0.2) is 11.7 Å². The van der Waals surface area contributed by atoms with Crippen molar-refractivity contribution < 1.29 is 9.84 Å². The lowest BCUT2D eigenvalue weighted by atomic mass is 9.89. The number of ether oxygens (including phenoxy) is 1. The number of fused-ring (bicyclic) bond motifs is 1. The normalized spacial score (nSPS) is 18.1. The highest BCUT2D eigenvalue weighted by molar-refractivity contribution is 5.38. The molecule has 0 amide bonds. The van der Waals surface area contributed by atoms with Crippen molar-refractivity contribution in [1.82, 2.24) is 0 Å². The van der Waals surface area contributed by atoms with Crippen LogP contribution in [0.25, 0.3) is 0 Å². The second-order valence-corrected chi connectivity index (χ2v) is 5.53. The maximum absolute atomic E-state index is 10.00. The first-order valence-electron chi connectivity index (χ1n) is 7.75. The Labute approximate surface area is 116 Å². The van der Waals surface area contributed by atoms with E-state index in [4.69, 9.17) is 4.74 Å². The second-order valence-electron chi connectivity index (χ2n) is 5.53. The van der Waals surface area contributed by atoms with E-state index in [1.165, 1.54) is 31.2 Å². The van der Waals surface area contributed by atoms with Gasteiger partial charge in [-0.15, -0.1) is 0 Å². The minimum Gasteiger partial charge on any atom is -0.494 e. The first-order chi connectivity index (χ1) is 9.31. The van der Waals surface area contributed by atoms with Crippen LogP contribution in [-0.2, 0) is 6.42 Å². The predicted octanol–water partition coefficient (Wildman–Crippen LogP) is 4.41. The lowest BCUT2D eigenvalue weighted by molar-refractivity contribution is 0.156. The molecule has 0 bridgehead atoms. The lowest BCUT2D eigenvalue weighted by Crippen LogP contribution is -2.09. The fourth-order valence-electron chi connectivity index (χ4n) is 2.74. The highest BCUT2D eigenvalue weighted by atomic mass is 16.5. The van der Waals surface area contributed by atoms with Crippen molar-refractivity contribution in [3.8, 4) is 5.75 Å². The van der Waals surface area contributed by atoms with Crippen molar-refractivity contribution in [2.75, 3.05) is 6.61 Å². The zero-order chi connectivity index (χ0) is 13.5. The molecule has 0 fully saturated rings. The van der Waals surface area contributed by atoms with Crippen LogP contribution in [0.5, 0.6) is 5.75 Å². The van der Waals surface area contributed by atoms with Gasteiger partial charge in [-0.3, -0.25) is 0 Å². The molecule has 1 atom stereocenters. The molecule has 0 radical (unpaired) electrons. The molecule has 0 spiro atoms. The number of unbranched alkanes of at least 4 members (excludes halogenated alkanes) is 4. The monoisotopic (exact) mass is 262 g/mol. The quantitative estimate of drug-likeness (QED) is 0.738. The molecule has 0 saturated heterocycles. The molecule has 1 unspecified atom stereocenters. The minimum absolute atomic E-state index is 0.295. The summed E-state index contributed by atoms with van der Waals surface area (Å²) < 4.78 is 5.79. The molecular weight excluding hydrogens is 236 g/mol. The maximum atomic E-state index is 10.00. The first kappa shape index (κ1) is 14.4. The molecule has 0 saturated carbocycles.